The van der Waals surface area contributed by atoms with Gasteiger partial charge in [0.1, 0.15) is 12.4 Å². The van der Waals surface area contributed by atoms with Crippen LogP contribution < -0.4 is 4.74 Å². The normalized spacial score (nSPS) is 11.9. The zero-order valence-corrected chi connectivity index (χ0v) is 15.5. The highest BCUT2D eigenvalue weighted by Gasteiger charge is 2.19. The van der Waals surface area contributed by atoms with Crippen molar-refractivity contribution in [3.8, 4) is 5.75 Å². The molecular formula is C18H22N4OS. The lowest BCUT2D eigenvalue weighted by molar-refractivity contribution is 0.294. The van der Waals surface area contributed by atoms with Gasteiger partial charge in [0.25, 0.3) is 0 Å². The summed E-state index contributed by atoms with van der Waals surface area (Å²) in [7, 11) is 0. The monoisotopic (exact) mass is 342 g/mol. The molecule has 0 aliphatic rings. The maximum Gasteiger partial charge on any atom is 0.189 e. The number of ether oxygens (including phenoxy) is 1. The number of hydrogen-bond donors (Lipinski definition) is 1. The van der Waals surface area contributed by atoms with Gasteiger partial charge in [0.15, 0.2) is 10.8 Å². The van der Waals surface area contributed by atoms with Crippen LogP contribution in [0.25, 0.3) is 11.0 Å². The molecule has 126 valence electrons. The third-order valence-corrected chi connectivity index (χ3v) is 4.43. The van der Waals surface area contributed by atoms with Crippen LogP contribution in [0.15, 0.2) is 29.6 Å². The summed E-state index contributed by atoms with van der Waals surface area (Å²) in [6, 6.07) is 6.35. The van der Waals surface area contributed by atoms with E-state index in [0.29, 0.717) is 12.3 Å². The Labute approximate surface area is 146 Å². The van der Waals surface area contributed by atoms with Crippen LogP contribution in [0.5, 0.6) is 5.75 Å². The highest BCUT2D eigenvalue weighted by molar-refractivity contribution is 7.98. The fraction of sp³-hybridized carbons (Fsp3) is 0.389. The summed E-state index contributed by atoms with van der Waals surface area (Å²) in [5.41, 5.74) is 3.96. The van der Waals surface area contributed by atoms with E-state index >= 15 is 0 Å². The number of thioether (sulfide) groups is 1. The zero-order chi connectivity index (χ0) is 17.3. The fourth-order valence-electron chi connectivity index (χ4n) is 2.56. The number of hydrogen-bond acceptors (Lipinski definition) is 5. The Morgan fingerprint density at radius 2 is 2.04 bits per heavy atom. The minimum atomic E-state index is 0.0233. The third-order valence-electron chi connectivity index (χ3n) is 3.87. The molecule has 0 bridgehead atoms. The fourth-order valence-corrected chi connectivity index (χ4v) is 2.90. The summed E-state index contributed by atoms with van der Waals surface area (Å²) < 4.78 is 6.12. The van der Waals surface area contributed by atoms with Crippen molar-refractivity contribution < 1.29 is 4.74 Å². The van der Waals surface area contributed by atoms with Crippen LogP contribution in [0.3, 0.4) is 0 Å². The first-order chi connectivity index (χ1) is 11.4. The van der Waals surface area contributed by atoms with Gasteiger partial charge in [-0.05, 0) is 35.8 Å². The van der Waals surface area contributed by atoms with Crippen molar-refractivity contribution in [3.05, 3.63) is 41.2 Å². The predicted octanol–water partition coefficient (Wildman–Crippen LogP) is 4.26. The maximum absolute atomic E-state index is 6.12. The molecule has 0 atom stereocenters. The van der Waals surface area contributed by atoms with E-state index < -0.39 is 0 Å². The lowest BCUT2D eigenvalue weighted by Crippen LogP contribution is -2.13. The lowest BCUT2D eigenvalue weighted by atomic mass is 9.86. The quantitative estimate of drug-likeness (QED) is 0.567. The molecule has 2 heterocycles. The lowest BCUT2D eigenvalue weighted by Gasteiger charge is -2.23. The van der Waals surface area contributed by atoms with E-state index in [1.807, 2.05) is 6.26 Å². The summed E-state index contributed by atoms with van der Waals surface area (Å²) in [6.45, 7) is 9.05. The predicted molar refractivity (Wildman–Crippen MR) is 97.7 cm³/mol. The molecule has 0 saturated carbocycles. The topological polar surface area (TPSA) is 63.7 Å². The van der Waals surface area contributed by atoms with Crippen molar-refractivity contribution in [2.45, 2.75) is 44.9 Å². The SMILES string of the molecule is CSc1ncc2c(COc3cc(C)ccc3C(C)(C)C)[nH]nc2n1. The molecule has 2 aromatic heterocycles. The standard InChI is InChI=1S/C18H22N4OS/c1-11-6-7-13(18(2,3)4)15(8-11)23-10-14-12-9-19-17(24-5)20-16(12)22-21-14/h6-9H,10H2,1-5H3,(H,19,20,21,22). The number of aromatic amines is 1. The van der Waals surface area contributed by atoms with Crippen LogP contribution in [0, 0.1) is 6.92 Å². The Balaban J connectivity index is 1.88. The second-order valence-electron chi connectivity index (χ2n) is 6.83. The second kappa shape index (κ2) is 6.43. The molecule has 0 fully saturated rings. The van der Waals surface area contributed by atoms with Crippen molar-refractivity contribution in [2.24, 2.45) is 0 Å². The van der Waals surface area contributed by atoms with Gasteiger partial charge in [-0.1, -0.05) is 44.7 Å². The zero-order valence-electron chi connectivity index (χ0n) is 14.7. The molecule has 0 amide bonds. The molecule has 24 heavy (non-hydrogen) atoms. The van der Waals surface area contributed by atoms with E-state index in [-0.39, 0.29) is 5.41 Å². The van der Waals surface area contributed by atoms with Crippen LogP contribution in [0.1, 0.15) is 37.6 Å². The Bertz CT molecular complexity index is 867. The van der Waals surface area contributed by atoms with E-state index in [4.69, 9.17) is 4.74 Å². The summed E-state index contributed by atoms with van der Waals surface area (Å²) in [4.78, 5) is 8.71. The Kier molecular flexibility index (Phi) is 4.49. The number of fused-ring (bicyclic) bond motifs is 1. The van der Waals surface area contributed by atoms with Gasteiger partial charge in [0.2, 0.25) is 0 Å². The van der Waals surface area contributed by atoms with Gasteiger partial charge < -0.3 is 4.74 Å². The second-order valence-corrected chi connectivity index (χ2v) is 7.61. The highest BCUT2D eigenvalue weighted by atomic mass is 32.2. The van der Waals surface area contributed by atoms with Gasteiger partial charge in [0.05, 0.1) is 11.1 Å². The summed E-state index contributed by atoms with van der Waals surface area (Å²) >= 11 is 1.50. The van der Waals surface area contributed by atoms with Gasteiger partial charge in [-0.2, -0.15) is 5.10 Å². The summed E-state index contributed by atoms with van der Waals surface area (Å²) in [5, 5.41) is 8.90. The van der Waals surface area contributed by atoms with Crippen molar-refractivity contribution in [3.63, 3.8) is 0 Å². The smallest absolute Gasteiger partial charge is 0.189 e. The molecule has 1 aromatic carbocycles. The van der Waals surface area contributed by atoms with Gasteiger partial charge >= 0.3 is 0 Å². The average Bonchev–Trinajstić information content (AvgIpc) is 2.93. The first-order valence-electron chi connectivity index (χ1n) is 7.86. The maximum atomic E-state index is 6.12. The first-order valence-corrected chi connectivity index (χ1v) is 9.09. The van der Waals surface area contributed by atoms with Crippen molar-refractivity contribution in [1.82, 2.24) is 20.2 Å². The number of nitrogens with zero attached hydrogens (tertiary/aromatic N) is 3. The number of benzene rings is 1. The Hall–Kier alpha value is -2.08. The van der Waals surface area contributed by atoms with Crippen LogP contribution in [0.4, 0.5) is 0 Å². The first kappa shape index (κ1) is 16.8. The average molecular weight is 342 g/mol. The molecule has 3 aromatic rings. The van der Waals surface area contributed by atoms with Crippen molar-refractivity contribution >= 4 is 22.8 Å². The van der Waals surface area contributed by atoms with E-state index in [1.165, 1.54) is 22.9 Å². The van der Waals surface area contributed by atoms with Gasteiger partial charge in [-0.3, -0.25) is 5.10 Å². The number of nitrogens with one attached hydrogen (secondary N) is 1. The van der Waals surface area contributed by atoms with Crippen LogP contribution in [-0.4, -0.2) is 26.4 Å². The van der Waals surface area contributed by atoms with Gasteiger partial charge in [-0.15, -0.1) is 0 Å². The van der Waals surface area contributed by atoms with E-state index in [1.54, 1.807) is 6.20 Å². The minimum absolute atomic E-state index is 0.0233. The Morgan fingerprint density at radius 1 is 1.25 bits per heavy atom. The van der Waals surface area contributed by atoms with Crippen LogP contribution in [-0.2, 0) is 12.0 Å². The molecule has 6 heteroatoms. The van der Waals surface area contributed by atoms with Crippen molar-refractivity contribution in [2.75, 3.05) is 6.26 Å². The minimum Gasteiger partial charge on any atom is -0.487 e. The Morgan fingerprint density at radius 3 is 2.75 bits per heavy atom. The van der Waals surface area contributed by atoms with E-state index in [2.05, 4.69) is 66.1 Å². The molecule has 0 aliphatic carbocycles. The van der Waals surface area contributed by atoms with Gasteiger partial charge in [-0.25, -0.2) is 9.97 Å². The highest BCUT2D eigenvalue weighted by Crippen LogP contribution is 2.32. The summed E-state index contributed by atoms with van der Waals surface area (Å²) in [6.07, 6.45) is 3.75. The number of H-pyrrole nitrogens is 1. The molecule has 0 spiro atoms. The van der Waals surface area contributed by atoms with Gasteiger partial charge in [0, 0.05) is 6.20 Å². The molecular weight excluding hydrogens is 320 g/mol. The molecule has 5 nitrogen and oxygen atoms in total. The largest absolute Gasteiger partial charge is 0.487 e. The number of aromatic nitrogens is 4. The van der Waals surface area contributed by atoms with Crippen LogP contribution in [0.2, 0.25) is 0 Å². The molecule has 0 unspecified atom stereocenters. The molecule has 3 rings (SSSR count). The molecule has 0 radical (unpaired) electrons. The molecule has 1 N–H and O–H groups in total. The summed E-state index contributed by atoms with van der Waals surface area (Å²) in [5.74, 6) is 0.909. The van der Waals surface area contributed by atoms with E-state index in [9.17, 15) is 0 Å². The van der Waals surface area contributed by atoms with E-state index in [0.717, 1.165) is 22.0 Å². The molecule has 0 saturated heterocycles. The third kappa shape index (κ3) is 3.38. The molecule has 0 aliphatic heterocycles. The van der Waals surface area contributed by atoms with Crippen molar-refractivity contribution in [1.29, 1.82) is 0 Å². The number of rotatable bonds is 4. The number of aryl methyl sites for hydroxylation is 1. The van der Waals surface area contributed by atoms with Crippen LogP contribution >= 0.6 is 11.8 Å².